The highest BCUT2D eigenvalue weighted by Gasteiger charge is 1.92. The zero-order valence-electron chi connectivity index (χ0n) is 8.32. The Morgan fingerprint density at radius 2 is 1.64 bits per heavy atom. The van der Waals surface area contributed by atoms with Crippen LogP contribution in [0.25, 0.3) is 0 Å². The van der Waals surface area contributed by atoms with Crippen molar-refractivity contribution in [3.63, 3.8) is 0 Å². The normalized spacial score (nSPS) is 10.1. The van der Waals surface area contributed by atoms with E-state index in [4.69, 9.17) is 9.26 Å². The van der Waals surface area contributed by atoms with Crippen LogP contribution in [0.3, 0.4) is 0 Å². The van der Waals surface area contributed by atoms with E-state index < -0.39 is 0 Å². The van der Waals surface area contributed by atoms with Gasteiger partial charge in [-0.1, -0.05) is 18.2 Å². The van der Waals surface area contributed by atoms with Crippen LogP contribution < -0.4 is 4.74 Å². The molecule has 1 rings (SSSR count). The number of unbranched alkanes of at least 4 members (excludes halogenated alkanes) is 2. The average Bonchev–Trinajstić information content (AvgIpc) is 2.25. The van der Waals surface area contributed by atoms with Crippen molar-refractivity contribution in [2.45, 2.75) is 19.3 Å². The molecule has 0 bridgehead atoms. The number of ether oxygens (including phenoxy) is 1. The zero-order valence-corrected chi connectivity index (χ0v) is 9.47. The molecule has 0 saturated carbocycles. The summed E-state index contributed by atoms with van der Waals surface area (Å²) in [5.74, 6) is 0.954. The van der Waals surface area contributed by atoms with Gasteiger partial charge in [0.15, 0.2) is 0 Å². The minimum absolute atomic E-state index is 0.793. The molecule has 1 aromatic carbocycles. The molecule has 0 spiro atoms. The average molecular weight is 212 g/mol. The molecule has 0 aliphatic rings. The van der Waals surface area contributed by atoms with E-state index in [1.807, 2.05) is 30.3 Å². The molecule has 2 nitrogen and oxygen atoms in total. The van der Waals surface area contributed by atoms with Gasteiger partial charge in [0.1, 0.15) is 5.75 Å². The molecule has 0 amide bonds. The van der Waals surface area contributed by atoms with E-state index in [2.05, 4.69) is 9.47 Å². The lowest BCUT2D eigenvalue weighted by Gasteiger charge is -2.05. The Labute approximate surface area is 87.9 Å². The molecular formula is C11H17O2P. The topological polar surface area (TPSA) is 18.5 Å². The van der Waals surface area contributed by atoms with Crippen LogP contribution in [-0.4, -0.2) is 13.2 Å². The molecule has 3 heteroatoms. The molecule has 78 valence electrons. The minimum atomic E-state index is 0.793. The van der Waals surface area contributed by atoms with E-state index in [0.717, 1.165) is 38.2 Å². The number of rotatable bonds is 7. The van der Waals surface area contributed by atoms with Gasteiger partial charge in [-0.15, -0.1) is 0 Å². The minimum Gasteiger partial charge on any atom is -0.494 e. The molecular weight excluding hydrogens is 195 g/mol. The molecule has 0 heterocycles. The fraction of sp³-hybridized carbons (Fsp3) is 0.455. The molecule has 14 heavy (non-hydrogen) atoms. The molecule has 0 aromatic heterocycles. The summed E-state index contributed by atoms with van der Waals surface area (Å²) in [6, 6.07) is 9.91. The summed E-state index contributed by atoms with van der Waals surface area (Å²) >= 11 is 0. The summed E-state index contributed by atoms with van der Waals surface area (Å²) in [4.78, 5) is 0. The molecule has 0 radical (unpaired) electrons. The largest absolute Gasteiger partial charge is 0.494 e. The predicted octanol–water partition coefficient (Wildman–Crippen LogP) is 3.04. The Morgan fingerprint density at radius 1 is 0.929 bits per heavy atom. The third-order valence-corrected chi connectivity index (χ3v) is 2.15. The van der Waals surface area contributed by atoms with Gasteiger partial charge in [0.2, 0.25) is 0 Å². The van der Waals surface area contributed by atoms with Gasteiger partial charge < -0.3 is 9.26 Å². The molecule has 0 N–H and O–H groups in total. The van der Waals surface area contributed by atoms with Crippen LogP contribution >= 0.6 is 9.47 Å². The fourth-order valence-electron chi connectivity index (χ4n) is 1.17. The van der Waals surface area contributed by atoms with Crippen LogP contribution in [0.15, 0.2) is 30.3 Å². The van der Waals surface area contributed by atoms with Crippen molar-refractivity contribution in [3.8, 4) is 5.75 Å². The molecule has 1 unspecified atom stereocenters. The van der Waals surface area contributed by atoms with E-state index in [9.17, 15) is 0 Å². The van der Waals surface area contributed by atoms with Gasteiger partial charge in [-0.3, -0.25) is 0 Å². The van der Waals surface area contributed by atoms with Gasteiger partial charge in [-0.05, 0) is 31.4 Å². The monoisotopic (exact) mass is 212 g/mol. The van der Waals surface area contributed by atoms with Crippen molar-refractivity contribution in [2.75, 3.05) is 13.2 Å². The van der Waals surface area contributed by atoms with E-state index in [-0.39, 0.29) is 0 Å². The van der Waals surface area contributed by atoms with Gasteiger partial charge in [0, 0.05) is 9.47 Å². The molecule has 0 aliphatic heterocycles. The lowest BCUT2D eigenvalue weighted by molar-refractivity contribution is 0.293. The van der Waals surface area contributed by atoms with Crippen molar-refractivity contribution in [1.29, 1.82) is 0 Å². The Hall–Kier alpha value is -0.590. The lowest BCUT2D eigenvalue weighted by Crippen LogP contribution is -1.97. The maximum absolute atomic E-state index is 5.54. The molecule has 1 aromatic rings. The van der Waals surface area contributed by atoms with Gasteiger partial charge in [0.25, 0.3) is 0 Å². The van der Waals surface area contributed by atoms with Crippen molar-refractivity contribution in [3.05, 3.63) is 30.3 Å². The first-order valence-electron chi connectivity index (χ1n) is 4.93. The van der Waals surface area contributed by atoms with Gasteiger partial charge in [-0.25, -0.2) is 0 Å². The van der Waals surface area contributed by atoms with Crippen LogP contribution in [0, 0.1) is 0 Å². The second kappa shape index (κ2) is 7.78. The van der Waals surface area contributed by atoms with Crippen LogP contribution in [0.5, 0.6) is 5.75 Å². The number of hydrogen-bond acceptors (Lipinski definition) is 2. The van der Waals surface area contributed by atoms with E-state index >= 15 is 0 Å². The Kier molecular flexibility index (Phi) is 6.38. The molecule has 0 saturated heterocycles. The van der Waals surface area contributed by atoms with E-state index in [1.54, 1.807) is 0 Å². The van der Waals surface area contributed by atoms with Crippen molar-refractivity contribution in [1.82, 2.24) is 0 Å². The van der Waals surface area contributed by atoms with Crippen molar-refractivity contribution in [2.24, 2.45) is 0 Å². The smallest absolute Gasteiger partial charge is 0.119 e. The summed E-state index contributed by atoms with van der Waals surface area (Å²) in [7, 11) is 2.26. The zero-order chi connectivity index (χ0) is 10.1. The predicted molar refractivity (Wildman–Crippen MR) is 61.5 cm³/mol. The fourth-order valence-corrected chi connectivity index (χ4v) is 1.34. The highest BCUT2D eigenvalue weighted by Crippen LogP contribution is 2.09. The second-order valence-corrected chi connectivity index (χ2v) is 3.43. The highest BCUT2D eigenvalue weighted by molar-refractivity contribution is 7.09. The standard InChI is InChI=1S/C11H17O2P/c14-13-10-6-2-5-9-12-11-7-3-1-4-8-11/h1,3-4,7-8H,2,5-6,9-10,14H2. The Balaban J connectivity index is 1.99. The number of hydrogen-bond donors (Lipinski definition) is 0. The maximum atomic E-state index is 5.54. The maximum Gasteiger partial charge on any atom is 0.119 e. The molecule has 0 aliphatic carbocycles. The Bertz CT molecular complexity index is 226. The second-order valence-electron chi connectivity index (χ2n) is 3.09. The summed E-state index contributed by atoms with van der Waals surface area (Å²) in [5.41, 5.74) is 0. The third kappa shape index (κ3) is 5.21. The lowest BCUT2D eigenvalue weighted by atomic mass is 10.2. The van der Waals surface area contributed by atoms with E-state index in [1.165, 1.54) is 0 Å². The number of benzene rings is 1. The molecule has 1 atom stereocenters. The van der Waals surface area contributed by atoms with Gasteiger partial charge >= 0.3 is 0 Å². The molecule has 0 fully saturated rings. The third-order valence-electron chi connectivity index (χ3n) is 1.92. The first-order valence-corrected chi connectivity index (χ1v) is 5.40. The van der Waals surface area contributed by atoms with Crippen molar-refractivity contribution < 1.29 is 9.26 Å². The van der Waals surface area contributed by atoms with Crippen LogP contribution in [0.4, 0.5) is 0 Å². The van der Waals surface area contributed by atoms with Gasteiger partial charge in [-0.2, -0.15) is 0 Å². The Morgan fingerprint density at radius 3 is 2.36 bits per heavy atom. The number of para-hydroxylation sites is 1. The summed E-state index contributed by atoms with van der Waals surface area (Å²) < 4.78 is 10.4. The van der Waals surface area contributed by atoms with Crippen molar-refractivity contribution >= 4 is 9.47 Å². The van der Waals surface area contributed by atoms with Crippen LogP contribution in [0.1, 0.15) is 19.3 Å². The first-order chi connectivity index (χ1) is 6.93. The van der Waals surface area contributed by atoms with E-state index in [0.29, 0.717) is 0 Å². The highest BCUT2D eigenvalue weighted by atomic mass is 31.0. The SMILES string of the molecule is POCCCCCOc1ccccc1. The van der Waals surface area contributed by atoms with Crippen LogP contribution in [0.2, 0.25) is 0 Å². The van der Waals surface area contributed by atoms with Crippen LogP contribution in [-0.2, 0) is 4.52 Å². The summed E-state index contributed by atoms with van der Waals surface area (Å²) in [6.45, 7) is 1.61. The van der Waals surface area contributed by atoms with Gasteiger partial charge in [0.05, 0.1) is 13.2 Å². The quantitative estimate of drug-likeness (QED) is 0.511. The first kappa shape index (κ1) is 11.5. The summed E-state index contributed by atoms with van der Waals surface area (Å²) in [6.07, 6.45) is 3.34. The summed E-state index contributed by atoms with van der Waals surface area (Å²) in [5, 5.41) is 0.